The number of para-hydroxylation sites is 1. The van der Waals surface area contributed by atoms with Crippen LogP contribution in [0, 0.1) is 0 Å². The van der Waals surface area contributed by atoms with E-state index in [1.807, 2.05) is 0 Å². The molecule has 0 spiro atoms. The van der Waals surface area contributed by atoms with Crippen LogP contribution in [-0.2, 0) is 19.0 Å². The molecule has 0 aliphatic carbocycles. The zero-order valence-electron chi connectivity index (χ0n) is 13.2. The molecule has 0 amide bonds. The van der Waals surface area contributed by atoms with Crippen LogP contribution in [0.2, 0.25) is 0 Å². The maximum Gasteiger partial charge on any atom is 0.451 e. The summed E-state index contributed by atoms with van der Waals surface area (Å²) in [5, 5.41) is 7.46. The average Bonchev–Trinajstić information content (AvgIpc) is 3.14. The average molecular weight is 381 g/mol. The molecule has 0 unspecified atom stereocenters. The third kappa shape index (κ3) is 2.73. The van der Waals surface area contributed by atoms with Gasteiger partial charge in [0.1, 0.15) is 16.9 Å². The van der Waals surface area contributed by atoms with Crippen molar-refractivity contribution < 1.29 is 17.6 Å². The predicted octanol–water partition coefficient (Wildman–Crippen LogP) is 3.11. The highest BCUT2D eigenvalue weighted by Gasteiger charge is 2.37. The molecule has 11 heteroatoms. The number of hydrogen-bond donors (Lipinski definition) is 1. The lowest BCUT2D eigenvalue weighted by Crippen LogP contribution is -2.13. The van der Waals surface area contributed by atoms with Gasteiger partial charge in [0.05, 0.1) is 5.75 Å². The van der Waals surface area contributed by atoms with E-state index in [2.05, 4.69) is 20.2 Å². The van der Waals surface area contributed by atoms with Crippen LogP contribution in [0.5, 0.6) is 0 Å². The number of H-pyrrole nitrogens is 1. The van der Waals surface area contributed by atoms with Crippen LogP contribution in [0.25, 0.3) is 22.1 Å². The second-order valence-corrected chi connectivity index (χ2v) is 6.38. The van der Waals surface area contributed by atoms with Gasteiger partial charge in [0.25, 0.3) is 5.56 Å². The van der Waals surface area contributed by atoms with Crippen LogP contribution < -0.4 is 5.56 Å². The Kier molecular flexibility index (Phi) is 3.75. The van der Waals surface area contributed by atoms with Gasteiger partial charge >= 0.3 is 6.18 Å². The minimum atomic E-state index is -4.58. The van der Waals surface area contributed by atoms with E-state index in [1.165, 1.54) is 7.05 Å². The molecule has 1 aromatic carbocycles. The van der Waals surface area contributed by atoms with Crippen LogP contribution in [0.4, 0.5) is 13.2 Å². The largest absolute Gasteiger partial charge is 0.451 e. The Hall–Kier alpha value is -2.82. The fourth-order valence-corrected chi connectivity index (χ4v) is 3.32. The summed E-state index contributed by atoms with van der Waals surface area (Å²) in [7, 11) is 1.23. The normalized spacial score (nSPS) is 12.3. The first-order chi connectivity index (χ1) is 12.3. The van der Waals surface area contributed by atoms with Gasteiger partial charge in [-0.15, -0.1) is 10.2 Å². The number of nitrogens with one attached hydrogen (secondary N) is 1. The van der Waals surface area contributed by atoms with Crippen molar-refractivity contribution >= 4 is 33.8 Å². The van der Waals surface area contributed by atoms with E-state index in [4.69, 9.17) is 4.42 Å². The number of aromatic amines is 1. The molecule has 7 nitrogen and oxygen atoms in total. The first-order valence-corrected chi connectivity index (χ1v) is 8.33. The Labute approximate surface area is 147 Å². The Balaban J connectivity index is 1.67. The maximum atomic E-state index is 12.8. The number of rotatable bonds is 3. The molecule has 4 aromatic rings. The van der Waals surface area contributed by atoms with Gasteiger partial charge in [0.2, 0.25) is 11.4 Å². The van der Waals surface area contributed by atoms with Gasteiger partial charge in [-0.3, -0.25) is 4.79 Å². The molecule has 3 aromatic heterocycles. The Morgan fingerprint density at radius 2 is 2.04 bits per heavy atom. The number of thioether (sulfide) groups is 1. The number of hydrogen-bond acceptors (Lipinski definition) is 6. The van der Waals surface area contributed by atoms with Crippen LogP contribution >= 0.6 is 11.8 Å². The van der Waals surface area contributed by atoms with Crippen molar-refractivity contribution in [3.8, 4) is 0 Å². The second kappa shape index (κ2) is 5.87. The fourth-order valence-electron chi connectivity index (χ4n) is 2.54. The third-order valence-corrected chi connectivity index (χ3v) is 4.74. The third-order valence-electron chi connectivity index (χ3n) is 3.71. The Morgan fingerprint density at radius 3 is 2.77 bits per heavy atom. The second-order valence-electron chi connectivity index (χ2n) is 5.44. The van der Waals surface area contributed by atoms with Crippen molar-refractivity contribution in [1.82, 2.24) is 24.7 Å². The lowest BCUT2D eigenvalue weighted by Gasteiger charge is -2.06. The molecular formula is C15H10F3N5O2S. The first-order valence-electron chi connectivity index (χ1n) is 7.34. The van der Waals surface area contributed by atoms with Crippen LogP contribution in [-0.4, -0.2) is 24.7 Å². The van der Waals surface area contributed by atoms with Crippen LogP contribution in [0.1, 0.15) is 11.6 Å². The number of halogens is 3. The molecule has 134 valence electrons. The van der Waals surface area contributed by atoms with Crippen molar-refractivity contribution in [1.29, 1.82) is 0 Å². The summed E-state index contributed by atoms with van der Waals surface area (Å²) in [6.45, 7) is 0. The molecule has 0 aliphatic heterocycles. The summed E-state index contributed by atoms with van der Waals surface area (Å²) in [5.41, 5.74) is 0.607. The quantitative estimate of drug-likeness (QED) is 0.549. The number of aromatic nitrogens is 5. The van der Waals surface area contributed by atoms with E-state index in [0.29, 0.717) is 22.3 Å². The summed E-state index contributed by atoms with van der Waals surface area (Å²) in [6.07, 6.45) is -4.58. The molecule has 1 N–H and O–H groups in total. The van der Waals surface area contributed by atoms with Crippen molar-refractivity contribution in [2.45, 2.75) is 17.1 Å². The summed E-state index contributed by atoms with van der Waals surface area (Å²) >= 11 is 0.988. The molecule has 0 radical (unpaired) electrons. The first kappa shape index (κ1) is 16.6. The summed E-state index contributed by atoms with van der Waals surface area (Å²) in [4.78, 5) is 19.2. The highest BCUT2D eigenvalue weighted by atomic mass is 32.2. The summed E-state index contributed by atoms with van der Waals surface area (Å²) in [5.74, 6) is -0.664. The van der Waals surface area contributed by atoms with E-state index >= 15 is 0 Å². The number of fused-ring (bicyclic) bond motifs is 3. The van der Waals surface area contributed by atoms with Gasteiger partial charge in [-0.1, -0.05) is 23.9 Å². The molecule has 4 rings (SSSR count). The zero-order valence-corrected chi connectivity index (χ0v) is 14.0. The van der Waals surface area contributed by atoms with Gasteiger partial charge < -0.3 is 14.0 Å². The van der Waals surface area contributed by atoms with Crippen molar-refractivity contribution in [3.63, 3.8) is 0 Å². The highest BCUT2D eigenvalue weighted by Crippen LogP contribution is 2.30. The van der Waals surface area contributed by atoms with Gasteiger partial charge in [-0.2, -0.15) is 13.2 Å². The lowest BCUT2D eigenvalue weighted by molar-refractivity contribution is -0.147. The minimum absolute atomic E-state index is 0.0668. The van der Waals surface area contributed by atoms with Crippen molar-refractivity contribution in [2.75, 3.05) is 0 Å². The van der Waals surface area contributed by atoms with Crippen molar-refractivity contribution in [2.24, 2.45) is 7.05 Å². The van der Waals surface area contributed by atoms with Crippen molar-refractivity contribution in [3.05, 3.63) is 46.3 Å². The monoisotopic (exact) mass is 381 g/mol. The van der Waals surface area contributed by atoms with Crippen LogP contribution in [0.15, 0.2) is 38.6 Å². The predicted molar refractivity (Wildman–Crippen MR) is 87.7 cm³/mol. The summed E-state index contributed by atoms with van der Waals surface area (Å²) in [6, 6.07) is 7.08. The summed E-state index contributed by atoms with van der Waals surface area (Å²) < 4.78 is 44.6. The van der Waals surface area contributed by atoms with E-state index in [1.54, 1.807) is 24.3 Å². The molecular weight excluding hydrogens is 371 g/mol. The highest BCUT2D eigenvalue weighted by molar-refractivity contribution is 7.98. The minimum Gasteiger partial charge on any atom is -0.449 e. The maximum absolute atomic E-state index is 12.8. The van der Waals surface area contributed by atoms with E-state index < -0.39 is 17.6 Å². The smallest absolute Gasteiger partial charge is 0.449 e. The molecule has 0 atom stereocenters. The number of alkyl halides is 3. The topological polar surface area (TPSA) is 89.6 Å². The van der Waals surface area contributed by atoms with E-state index in [0.717, 1.165) is 16.3 Å². The number of furan rings is 1. The van der Waals surface area contributed by atoms with E-state index in [-0.39, 0.29) is 16.5 Å². The zero-order chi connectivity index (χ0) is 18.5. The molecule has 3 heterocycles. The number of benzene rings is 1. The SMILES string of the molecule is Cn1c(SCc2nc3c(oc4ccccc43)c(=O)[nH]2)nnc1C(F)(F)F. The van der Waals surface area contributed by atoms with E-state index in [9.17, 15) is 18.0 Å². The van der Waals surface area contributed by atoms with Gasteiger partial charge in [-0.25, -0.2) is 4.98 Å². The molecule has 0 saturated heterocycles. The van der Waals surface area contributed by atoms with Gasteiger partial charge in [-0.05, 0) is 12.1 Å². The number of nitrogens with zero attached hydrogens (tertiary/aromatic N) is 4. The van der Waals surface area contributed by atoms with Gasteiger partial charge in [0.15, 0.2) is 5.16 Å². The molecule has 0 aliphatic rings. The molecule has 0 fully saturated rings. The molecule has 26 heavy (non-hydrogen) atoms. The van der Waals surface area contributed by atoms with Crippen LogP contribution in [0.3, 0.4) is 0 Å². The lowest BCUT2D eigenvalue weighted by atomic mass is 10.2. The fraction of sp³-hybridized carbons (Fsp3) is 0.200. The molecule has 0 saturated carbocycles. The Morgan fingerprint density at radius 1 is 1.27 bits per heavy atom. The molecule has 0 bridgehead atoms. The van der Waals surface area contributed by atoms with Gasteiger partial charge in [0, 0.05) is 12.4 Å². The Bertz CT molecular complexity index is 1180. The standard InChI is InChI=1S/C15H10F3N5O2S/c1-23-13(15(16,17)18)21-22-14(23)26-6-9-19-10-7-4-2-3-5-8(7)25-11(10)12(24)20-9/h2-5H,6H2,1H3,(H,19,20,24).